The van der Waals surface area contributed by atoms with E-state index in [-0.39, 0.29) is 3.92 Å². The summed E-state index contributed by atoms with van der Waals surface area (Å²) in [6.07, 6.45) is 4.44. The first-order chi connectivity index (χ1) is 6.65. The van der Waals surface area contributed by atoms with E-state index in [0.29, 0.717) is 5.75 Å². The molecule has 3 nitrogen and oxygen atoms in total. The van der Waals surface area contributed by atoms with Crippen molar-refractivity contribution in [3.63, 3.8) is 0 Å². The number of carbonyl (C=O) groups excluding carboxylic acids is 1. The molecule has 1 aromatic rings. The van der Waals surface area contributed by atoms with Gasteiger partial charge in [0.2, 0.25) is 0 Å². The Morgan fingerprint density at radius 1 is 1.57 bits per heavy atom. The summed E-state index contributed by atoms with van der Waals surface area (Å²) in [6.45, 7) is 0. The lowest BCUT2D eigenvalue weighted by atomic mass is 10.1. The number of halogens is 1. The van der Waals surface area contributed by atoms with Gasteiger partial charge < -0.3 is 10.5 Å². The summed E-state index contributed by atoms with van der Waals surface area (Å²) in [6, 6.07) is 7.03. The molecule has 72 valence electrons. The SMILES string of the molecule is C#CC(I)c1ccccc1OC(N)=O. The smallest absolute Gasteiger partial charge is 0.409 e. The summed E-state index contributed by atoms with van der Waals surface area (Å²) < 4.78 is 4.67. The molecular weight excluding hydrogens is 293 g/mol. The van der Waals surface area contributed by atoms with E-state index in [1.165, 1.54) is 0 Å². The van der Waals surface area contributed by atoms with Crippen molar-refractivity contribution in [2.24, 2.45) is 5.73 Å². The number of hydrogen-bond acceptors (Lipinski definition) is 2. The Labute approximate surface area is 95.8 Å². The number of primary amides is 1. The highest BCUT2D eigenvalue weighted by Crippen LogP contribution is 2.30. The molecule has 0 saturated carbocycles. The number of nitrogens with two attached hydrogens (primary N) is 1. The lowest BCUT2D eigenvalue weighted by Crippen LogP contribution is -2.17. The molecule has 1 aromatic carbocycles. The van der Waals surface area contributed by atoms with Crippen molar-refractivity contribution in [1.82, 2.24) is 0 Å². The molecule has 0 aliphatic rings. The number of alkyl halides is 1. The lowest BCUT2D eigenvalue weighted by Gasteiger charge is -2.08. The van der Waals surface area contributed by atoms with Crippen molar-refractivity contribution in [2.45, 2.75) is 3.92 Å². The third kappa shape index (κ3) is 2.64. The first kappa shape index (κ1) is 10.9. The van der Waals surface area contributed by atoms with Crippen LogP contribution in [0.25, 0.3) is 0 Å². The van der Waals surface area contributed by atoms with Gasteiger partial charge in [0.1, 0.15) is 9.67 Å². The van der Waals surface area contributed by atoms with Crippen LogP contribution in [0.1, 0.15) is 9.49 Å². The molecule has 0 aliphatic heterocycles. The van der Waals surface area contributed by atoms with Crippen LogP contribution < -0.4 is 10.5 Å². The number of benzene rings is 1. The van der Waals surface area contributed by atoms with E-state index in [2.05, 4.69) is 28.5 Å². The summed E-state index contributed by atoms with van der Waals surface area (Å²) in [4.78, 5) is 10.6. The lowest BCUT2D eigenvalue weighted by molar-refractivity contribution is 0.210. The quantitative estimate of drug-likeness (QED) is 0.517. The number of para-hydroxylation sites is 1. The van der Waals surface area contributed by atoms with E-state index in [1.807, 2.05) is 6.07 Å². The van der Waals surface area contributed by atoms with Gasteiger partial charge in [0.15, 0.2) is 0 Å². The predicted molar refractivity (Wildman–Crippen MR) is 62.2 cm³/mol. The summed E-state index contributed by atoms with van der Waals surface area (Å²) >= 11 is 2.08. The molecule has 0 radical (unpaired) electrons. The van der Waals surface area contributed by atoms with Crippen LogP contribution in [0.2, 0.25) is 0 Å². The fourth-order valence-corrected chi connectivity index (χ4v) is 1.50. The van der Waals surface area contributed by atoms with Crippen LogP contribution in [0.5, 0.6) is 5.75 Å². The molecule has 2 N–H and O–H groups in total. The van der Waals surface area contributed by atoms with E-state index < -0.39 is 6.09 Å². The van der Waals surface area contributed by atoms with Crippen molar-refractivity contribution in [2.75, 3.05) is 0 Å². The van der Waals surface area contributed by atoms with Gasteiger partial charge in [-0.25, -0.2) is 4.79 Å². The van der Waals surface area contributed by atoms with E-state index in [0.717, 1.165) is 5.56 Å². The number of amides is 1. The Kier molecular flexibility index (Phi) is 3.77. The van der Waals surface area contributed by atoms with Gasteiger partial charge in [-0.3, -0.25) is 0 Å². The molecule has 0 heterocycles. The molecule has 1 rings (SSSR count). The van der Waals surface area contributed by atoms with Crippen molar-refractivity contribution < 1.29 is 9.53 Å². The maximum absolute atomic E-state index is 10.6. The van der Waals surface area contributed by atoms with E-state index in [4.69, 9.17) is 16.9 Å². The fourth-order valence-electron chi connectivity index (χ4n) is 0.981. The molecule has 1 unspecified atom stereocenters. The van der Waals surface area contributed by atoms with Crippen molar-refractivity contribution >= 4 is 28.7 Å². The summed E-state index contributed by atoms with van der Waals surface area (Å²) in [5.74, 6) is 2.96. The Morgan fingerprint density at radius 2 is 2.21 bits per heavy atom. The van der Waals surface area contributed by atoms with Crippen LogP contribution >= 0.6 is 22.6 Å². The molecule has 0 saturated heterocycles. The average molecular weight is 301 g/mol. The van der Waals surface area contributed by atoms with Gasteiger partial charge in [0.25, 0.3) is 0 Å². The van der Waals surface area contributed by atoms with Crippen molar-refractivity contribution in [3.05, 3.63) is 29.8 Å². The van der Waals surface area contributed by atoms with Gasteiger partial charge in [0.05, 0.1) is 0 Å². The number of ether oxygens (including phenoxy) is 1. The monoisotopic (exact) mass is 301 g/mol. The molecule has 0 aliphatic carbocycles. The average Bonchev–Trinajstić information content (AvgIpc) is 2.16. The fraction of sp³-hybridized carbons (Fsp3) is 0.100. The largest absolute Gasteiger partial charge is 0.410 e. The second-order valence-corrected chi connectivity index (χ2v) is 3.73. The van der Waals surface area contributed by atoms with Crippen LogP contribution in [0, 0.1) is 12.3 Å². The van der Waals surface area contributed by atoms with Gasteiger partial charge in [-0.05, 0) is 6.07 Å². The third-order valence-corrected chi connectivity index (χ3v) is 2.58. The highest BCUT2D eigenvalue weighted by Gasteiger charge is 2.11. The minimum Gasteiger partial charge on any atom is -0.410 e. The molecule has 0 spiro atoms. The minimum absolute atomic E-state index is 0.136. The highest BCUT2D eigenvalue weighted by atomic mass is 127. The number of terminal acetylenes is 1. The topological polar surface area (TPSA) is 52.3 Å². The Bertz CT molecular complexity index is 384. The second kappa shape index (κ2) is 4.86. The zero-order valence-corrected chi connectivity index (χ0v) is 9.39. The molecule has 0 bridgehead atoms. The maximum Gasteiger partial charge on any atom is 0.409 e. The summed E-state index contributed by atoms with van der Waals surface area (Å²) in [5, 5.41) is 0. The maximum atomic E-state index is 10.6. The molecular formula is C10H8INO2. The number of hydrogen-bond donors (Lipinski definition) is 1. The molecule has 14 heavy (non-hydrogen) atoms. The predicted octanol–water partition coefficient (Wildman–Crippen LogP) is 2.25. The number of carbonyl (C=O) groups is 1. The van der Waals surface area contributed by atoms with Crippen LogP contribution in [0.15, 0.2) is 24.3 Å². The summed E-state index contributed by atoms with van der Waals surface area (Å²) in [7, 11) is 0. The van der Waals surface area contributed by atoms with Crippen molar-refractivity contribution in [3.8, 4) is 18.1 Å². The first-order valence-corrected chi connectivity index (χ1v) is 5.06. The van der Waals surface area contributed by atoms with E-state index in [9.17, 15) is 4.79 Å². The van der Waals surface area contributed by atoms with Crippen molar-refractivity contribution in [1.29, 1.82) is 0 Å². The standard InChI is InChI=1S/C10H8INO2/c1-2-8(11)7-5-3-4-6-9(7)14-10(12)13/h1,3-6,8H,(H2,12,13). The molecule has 1 amide bonds. The minimum atomic E-state index is -0.835. The van der Waals surface area contributed by atoms with Crippen LogP contribution in [0.3, 0.4) is 0 Å². The van der Waals surface area contributed by atoms with E-state index >= 15 is 0 Å². The van der Waals surface area contributed by atoms with Gasteiger partial charge in [0, 0.05) is 5.56 Å². The van der Waals surface area contributed by atoms with Gasteiger partial charge in [-0.2, -0.15) is 0 Å². The first-order valence-electron chi connectivity index (χ1n) is 3.81. The van der Waals surface area contributed by atoms with Crippen LogP contribution in [-0.4, -0.2) is 6.09 Å². The van der Waals surface area contributed by atoms with Gasteiger partial charge in [-0.1, -0.05) is 46.7 Å². The Morgan fingerprint density at radius 3 is 2.79 bits per heavy atom. The molecule has 4 heteroatoms. The Hall–Kier alpha value is -1.22. The number of rotatable bonds is 2. The summed E-state index contributed by atoms with van der Waals surface area (Å²) in [5.41, 5.74) is 5.69. The molecule has 0 aromatic heterocycles. The normalized spacial score (nSPS) is 11.4. The highest BCUT2D eigenvalue weighted by molar-refractivity contribution is 14.1. The molecule has 0 fully saturated rings. The molecule has 1 atom stereocenters. The second-order valence-electron chi connectivity index (χ2n) is 2.49. The van der Waals surface area contributed by atoms with Gasteiger partial charge in [-0.15, -0.1) is 6.42 Å². The van der Waals surface area contributed by atoms with E-state index in [1.54, 1.807) is 18.2 Å². The Balaban J connectivity index is 3.04. The van der Waals surface area contributed by atoms with Crippen LogP contribution in [-0.2, 0) is 0 Å². The zero-order chi connectivity index (χ0) is 10.6. The van der Waals surface area contributed by atoms with Crippen LogP contribution in [0.4, 0.5) is 4.79 Å². The third-order valence-electron chi connectivity index (χ3n) is 1.55. The zero-order valence-electron chi connectivity index (χ0n) is 7.24. The van der Waals surface area contributed by atoms with Gasteiger partial charge >= 0.3 is 6.09 Å².